The van der Waals surface area contributed by atoms with Crippen molar-refractivity contribution in [1.29, 1.82) is 0 Å². The van der Waals surface area contributed by atoms with Crippen LogP contribution in [-0.2, 0) is 4.79 Å². The Kier molecular flexibility index (Phi) is 6.31. The van der Waals surface area contributed by atoms with E-state index in [1.807, 2.05) is 49.4 Å². The number of hydrogen-bond acceptors (Lipinski definition) is 3. The minimum atomic E-state index is -0.169. The summed E-state index contributed by atoms with van der Waals surface area (Å²) in [6, 6.07) is 13.4. The van der Waals surface area contributed by atoms with Crippen LogP contribution in [0, 0.1) is 12.8 Å². The minimum Gasteiger partial charge on any atom is -0.493 e. The van der Waals surface area contributed by atoms with Crippen molar-refractivity contribution >= 4 is 17.7 Å². The van der Waals surface area contributed by atoms with Crippen LogP contribution in [0.2, 0.25) is 0 Å². The van der Waals surface area contributed by atoms with Gasteiger partial charge in [0.2, 0.25) is 5.91 Å². The Morgan fingerprint density at radius 2 is 1.93 bits per heavy atom. The van der Waals surface area contributed by atoms with Crippen LogP contribution in [-0.4, -0.2) is 19.6 Å². The van der Waals surface area contributed by atoms with Crippen molar-refractivity contribution < 1.29 is 14.3 Å². The third-order valence-electron chi connectivity index (χ3n) is 4.60. The van der Waals surface area contributed by atoms with Gasteiger partial charge >= 0.3 is 0 Å². The van der Waals surface area contributed by atoms with E-state index in [9.17, 15) is 4.79 Å². The molecule has 0 bridgehead atoms. The average Bonchev–Trinajstić information content (AvgIpc) is 3.20. The lowest BCUT2D eigenvalue weighted by Crippen LogP contribution is -2.09. The molecule has 0 radical (unpaired) electrons. The number of para-hydroxylation sites is 1. The lowest BCUT2D eigenvalue weighted by Gasteiger charge is -2.14. The number of allylic oxidation sites excluding steroid dienone is 2. The second-order valence-corrected chi connectivity index (χ2v) is 6.67. The molecule has 2 aromatic rings. The van der Waals surface area contributed by atoms with E-state index in [4.69, 9.17) is 9.47 Å². The van der Waals surface area contributed by atoms with Crippen molar-refractivity contribution in [3.05, 3.63) is 71.8 Å². The fourth-order valence-corrected chi connectivity index (χ4v) is 2.98. The molecule has 0 spiro atoms. The molecule has 0 aromatic heterocycles. The van der Waals surface area contributed by atoms with Crippen LogP contribution >= 0.6 is 0 Å². The van der Waals surface area contributed by atoms with Gasteiger partial charge in [-0.2, -0.15) is 0 Å². The molecule has 3 rings (SSSR count). The molecule has 0 aliphatic heterocycles. The summed E-state index contributed by atoms with van der Waals surface area (Å²) in [5, 5.41) is 2.88. The first kappa shape index (κ1) is 18.8. The maximum atomic E-state index is 12.1. The molecule has 0 saturated heterocycles. The highest BCUT2D eigenvalue weighted by Gasteiger charge is 2.13. The number of rotatable bonds is 7. The van der Waals surface area contributed by atoms with Gasteiger partial charge in [0, 0.05) is 11.8 Å². The molecule has 2 aromatic carbocycles. The van der Waals surface area contributed by atoms with Crippen molar-refractivity contribution in [2.24, 2.45) is 5.92 Å². The van der Waals surface area contributed by atoms with E-state index < -0.39 is 0 Å². The zero-order valence-corrected chi connectivity index (χ0v) is 15.8. The summed E-state index contributed by atoms with van der Waals surface area (Å²) in [7, 11) is 1.62. The second kappa shape index (κ2) is 9.08. The summed E-state index contributed by atoms with van der Waals surface area (Å²) in [6.45, 7) is 2.64. The molecule has 0 heterocycles. The van der Waals surface area contributed by atoms with E-state index in [0.29, 0.717) is 18.3 Å². The molecular weight excluding hydrogens is 338 g/mol. The van der Waals surface area contributed by atoms with Gasteiger partial charge in [0.05, 0.1) is 13.7 Å². The fraction of sp³-hybridized carbons (Fsp3) is 0.261. The predicted octanol–water partition coefficient (Wildman–Crippen LogP) is 5.00. The predicted molar refractivity (Wildman–Crippen MR) is 109 cm³/mol. The van der Waals surface area contributed by atoms with E-state index in [0.717, 1.165) is 35.4 Å². The number of ether oxygens (including phenoxy) is 2. The van der Waals surface area contributed by atoms with E-state index in [1.54, 1.807) is 13.2 Å². The smallest absolute Gasteiger partial charge is 0.248 e. The summed E-state index contributed by atoms with van der Waals surface area (Å²) < 4.78 is 11.4. The van der Waals surface area contributed by atoms with Crippen LogP contribution in [0.15, 0.2) is 60.7 Å². The number of amides is 1. The van der Waals surface area contributed by atoms with Gasteiger partial charge in [0.25, 0.3) is 0 Å². The molecule has 1 aliphatic carbocycles. The number of carbonyl (C=O) groups excluding carboxylic acids is 1. The Labute approximate surface area is 160 Å². The van der Waals surface area contributed by atoms with Crippen molar-refractivity contribution in [1.82, 2.24) is 0 Å². The fourth-order valence-electron chi connectivity index (χ4n) is 2.98. The van der Waals surface area contributed by atoms with E-state index in [2.05, 4.69) is 17.5 Å². The van der Waals surface area contributed by atoms with Crippen molar-refractivity contribution in [2.75, 3.05) is 19.0 Å². The molecule has 1 amide bonds. The number of benzene rings is 2. The number of carbonyl (C=O) groups is 1. The van der Waals surface area contributed by atoms with Crippen molar-refractivity contribution in [3.8, 4) is 11.5 Å². The van der Waals surface area contributed by atoms with Crippen LogP contribution < -0.4 is 14.8 Å². The molecule has 0 unspecified atom stereocenters. The molecule has 1 N–H and O–H groups in total. The SMILES string of the molecule is COc1cc(/C=C/C(=O)Nc2ccccc2C)ccc1OCC1CC=CC1. The van der Waals surface area contributed by atoms with Gasteiger partial charge in [-0.3, -0.25) is 4.79 Å². The third-order valence-corrected chi connectivity index (χ3v) is 4.60. The number of methoxy groups -OCH3 is 1. The Hall–Kier alpha value is -3.01. The van der Waals surface area contributed by atoms with Gasteiger partial charge in [0.15, 0.2) is 11.5 Å². The number of nitrogens with one attached hydrogen (secondary N) is 1. The Balaban J connectivity index is 1.61. The van der Waals surface area contributed by atoms with Gasteiger partial charge in [-0.1, -0.05) is 36.4 Å². The molecule has 0 fully saturated rings. The standard InChI is InChI=1S/C23H25NO3/c1-17-7-3-6-10-20(17)24-23(25)14-12-18-11-13-21(22(15-18)26-2)27-16-19-8-4-5-9-19/h3-7,10-15,19H,8-9,16H2,1-2H3,(H,24,25)/b14-12+. The molecule has 4 nitrogen and oxygen atoms in total. The highest BCUT2D eigenvalue weighted by molar-refractivity contribution is 6.02. The highest BCUT2D eigenvalue weighted by atomic mass is 16.5. The van der Waals surface area contributed by atoms with E-state index in [-0.39, 0.29) is 5.91 Å². The summed E-state index contributed by atoms with van der Waals surface area (Å²) >= 11 is 0. The molecule has 27 heavy (non-hydrogen) atoms. The maximum Gasteiger partial charge on any atom is 0.248 e. The van der Waals surface area contributed by atoms with E-state index >= 15 is 0 Å². The minimum absolute atomic E-state index is 0.169. The third kappa shape index (κ3) is 5.23. The number of aryl methyl sites for hydroxylation is 1. The molecule has 4 heteroatoms. The number of hydrogen-bond donors (Lipinski definition) is 1. The molecule has 0 saturated carbocycles. The first-order chi connectivity index (χ1) is 13.2. The lowest BCUT2D eigenvalue weighted by atomic mass is 10.1. The van der Waals surface area contributed by atoms with E-state index in [1.165, 1.54) is 6.08 Å². The summed E-state index contributed by atoms with van der Waals surface area (Å²) in [6.07, 6.45) is 9.81. The summed E-state index contributed by atoms with van der Waals surface area (Å²) in [4.78, 5) is 12.1. The number of anilines is 1. The molecule has 0 atom stereocenters. The van der Waals surface area contributed by atoms with Gasteiger partial charge in [0.1, 0.15) is 0 Å². The lowest BCUT2D eigenvalue weighted by molar-refractivity contribution is -0.111. The van der Waals surface area contributed by atoms with Crippen molar-refractivity contribution in [2.45, 2.75) is 19.8 Å². The van der Waals surface area contributed by atoms with Gasteiger partial charge in [-0.25, -0.2) is 0 Å². The molecular formula is C23H25NO3. The Morgan fingerprint density at radius 3 is 2.67 bits per heavy atom. The normalized spacial score (nSPS) is 13.9. The Morgan fingerprint density at radius 1 is 1.15 bits per heavy atom. The topological polar surface area (TPSA) is 47.6 Å². The monoisotopic (exact) mass is 363 g/mol. The molecule has 140 valence electrons. The maximum absolute atomic E-state index is 12.1. The van der Waals surface area contributed by atoms with Crippen molar-refractivity contribution in [3.63, 3.8) is 0 Å². The summed E-state index contributed by atoms with van der Waals surface area (Å²) in [5.41, 5.74) is 2.72. The first-order valence-corrected chi connectivity index (χ1v) is 9.16. The van der Waals surface area contributed by atoms with Crippen LogP contribution in [0.1, 0.15) is 24.0 Å². The average molecular weight is 363 g/mol. The highest BCUT2D eigenvalue weighted by Crippen LogP contribution is 2.30. The first-order valence-electron chi connectivity index (χ1n) is 9.16. The quantitative estimate of drug-likeness (QED) is 0.556. The van der Waals surface area contributed by atoms with Crippen LogP contribution in [0.5, 0.6) is 11.5 Å². The van der Waals surface area contributed by atoms with Gasteiger partial charge in [-0.15, -0.1) is 0 Å². The zero-order chi connectivity index (χ0) is 19.1. The largest absolute Gasteiger partial charge is 0.493 e. The summed E-state index contributed by atoms with van der Waals surface area (Å²) in [5.74, 6) is 1.77. The molecule has 1 aliphatic rings. The zero-order valence-electron chi connectivity index (χ0n) is 15.8. The second-order valence-electron chi connectivity index (χ2n) is 6.67. The van der Waals surface area contributed by atoms with Crippen LogP contribution in [0.3, 0.4) is 0 Å². The van der Waals surface area contributed by atoms with Gasteiger partial charge < -0.3 is 14.8 Å². The van der Waals surface area contributed by atoms with Crippen LogP contribution in [0.25, 0.3) is 6.08 Å². The van der Waals surface area contributed by atoms with Gasteiger partial charge in [-0.05, 0) is 61.1 Å². The van der Waals surface area contributed by atoms with Crippen LogP contribution in [0.4, 0.5) is 5.69 Å². The Bertz CT molecular complexity index is 846.